The van der Waals surface area contributed by atoms with Crippen molar-refractivity contribution < 1.29 is 9.47 Å². The first-order valence-corrected chi connectivity index (χ1v) is 11.1. The van der Waals surface area contributed by atoms with Crippen LogP contribution in [0.2, 0.25) is 0 Å². The van der Waals surface area contributed by atoms with E-state index >= 15 is 0 Å². The number of guanidine groups is 1. The first-order valence-electron chi connectivity index (χ1n) is 11.1. The number of hydrogen-bond acceptors (Lipinski definition) is 3. The monoisotopic (exact) mass is 513 g/mol. The van der Waals surface area contributed by atoms with E-state index in [1.54, 1.807) is 0 Å². The molecule has 2 heterocycles. The highest BCUT2D eigenvalue weighted by Gasteiger charge is 2.25. The lowest BCUT2D eigenvalue weighted by atomic mass is 9.93. The summed E-state index contributed by atoms with van der Waals surface area (Å²) in [7, 11) is 1.89. The molecule has 0 spiro atoms. The van der Waals surface area contributed by atoms with Gasteiger partial charge in [0.25, 0.3) is 0 Å². The summed E-state index contributed by atoms with van der Waals surface area (Å²) in [4.78, 5) is 6.94. The molecular formula is C23H36IN3O2. The molecule has 1 unspecified atom stereocenters. The van der Waals surface area contributed by atoms with Crippen LogP contribution in [0.4, 0.5) is 0 Å². The Morgan fingerprint density at radius 1 is 1.14 bits per heavy atom. The molecule has 162 valence electrons. The zero-order valence-electron chi connectivity index (χ0n) is 17.6. The van der Waals surface area contributed by atoms with Gasteiger partial charge in [-0.1, -0.05) is 31.0 Å². The third-order valence-electron chi connectivity index (χ3n) is 6.58. The number of likely N-dealkylation sites (tertiary alicyclic amines) is 1. The molecule has 0 radical (unpaired) electrons. The summed E-state index contributed by atoms with van der Waals surface area (Å²) in [5.74, 6) is 3.36. The van der Waals surface area contributed by atoms with Crippen molar-refractivity contribution in [3.05, 3.63) is 29.8 Å². The minimum Gasteiger partial charge on any atom is -0.493 e. The number of fused-ring (bicyclic) bond motifs is 1. The predicted octanol–water partition coefficient (Wildman–Crippen LogP) is 4.42. The molecule has 0 aromatic heterocycles. The fourth-order valence-corrected chi connectivity index (χ4v) is 4.86. The second-order valence-corrected chi connectivity index (χ2v) is 8.47. The number of benzene rings is 1. The number of aliphatic imine (C=N–C) groups is 1. The van der Waals surface area contributed by atoms with Crippen molar-refractivity contribution in [2.75, 3.05) is 39.9 Å². The molecule has 0 bridgehead atoms. The highest BCUT2D eigenvalue weighted by atomic mass is 127. The van der Waals surface area contributed by atoms with Crippen molar-refractivity contribution in [3.63, 3.8) is 0 Å². The highest BCUT2D eigenvalue weighted by Crippen LogP contribution is 2.32. The van der Waals surface area contributed by atoms with Crippen LogP contribution in [0.3, 0.4) is 0 Å². The second-order valence-electron chi connectivity index (χ2n) is 8.47. The average Bonchev–Trinajstić information content (AvgIpc) is 3.27. The fraction of sp³-hybridized carbons (Fsp3) is 0.696. The zero-order valence-corrected chi connectivity index (χ0v) is 20.0. The van der Waals surface area contributed by atoms with Gasteiger partial charge in [0.15, 0.2) is 5.96 Å². The molecule has 29 heavy (non-hydrogen) atoms. The van der Waals surface area contributed by atoms with E-state index in [1.807, 2.05) is 13.1 Å². The highest BCUT2D eigenvalue weighted by molar-refractivity contribution is 14.0. The molecule has 1 saturated heterocycles. The SMILES string of the molecule is CN=C(NCC1CCOc2ccccc21)N1CCC(OCC2CCCC2)CC1.I. The van der Waals surface area contributed by atoms with E-state index in [0.29, 0.717) is 12.0 Å². The molecule has 1 aliphatic carbocycles. The Balaban J connectivity index is 0.00000240. The molecule has 3 aliphatic rings. The average molecular weight is 513 g/mol. The minimum atomic E-state index is 0. The van der Waals surface area contributed by atoms with Crippen molar-refractivity contribution in [2.45, 2.75) is 57.0 Å². The van der Waals surface area contributed by atoms with Gasteiger partial charge in [-0.2, -0.15) is 0 Å². The summed E-state index contributed by atoms with van der Waals surface area (Å²) < 4.78 is 12.0. The molecule has 1 aromatic rings. The Labute approximate surface area is 192 Å². The first-order chi connectivity index (χ1) is 13.8. The zero-order chi connectivity index (χ0) is 19.2. The van der Waals surface area contributed by atoms with Crippen LogP contribution in [-0.4, -0.2) is 56.9 Å². The van der Waals surface area contributed by atoms with Crippen LogP contribution in [0.5, 0.6) is 5.75 Å². The van der Waals surface area contributed by atoms with E-state index in [1.165, 1.54) is 31.2 Å². The summed E-state index contributed by atoms with van der Waals surface area (Å²) in [6.07, 6.45) is 9.21. The van der Waals surface area contributed by atoms with Crippen molar-refractivity contribution >= 4 is 29.9 Å². The van der Waals surface area contributed by atoms with Gasteiger partial charge >= 0.3 is 0 Å². The van der Waals surface area contributed by atoms with E-state index in [9.17, 15) is 0 Å². The summed E-state index contributed by atoms with van der Waals surface area (Å²) in [6, 6.07) is 8.42. The molecule has 6 heteroatoms. The first kappa shape index (κ1) is 22.7. The van der Waals surface area contributed by atoms with E-state index in [2.05, 4.69) is 33.4 Å². The summed E-state index contributed by atoms with van der Waals surface area (Å²) in [6.45, 7) is 4.73. The van der Waals surface area contributed by atoms with Crippen LogP contribution in [0, 0.1) is 5.92 Å². The molecule has 1 saturated carbocycles. The number of halogens is 1. The Morgan fingerprint density at radius 2 is 1.90 bits per heavy atom. The number of piperidine rings is 1. The Hall–Kier alpha value is -1.02. The normalized spacial score (nSPS) is 23.3. The maximum absolute atomic E-state index is 6.22. The third-order valence-corrected chi connectivity index (χ3v) is 6.58. The lowest BCUT2D eigenvalue weighted by Gasteiger charge is -2.35. The van der Waals surface area contributed by atoms with E-state index < -0.39 is 0 Å². The fourth-order valence-electron chi connectivity index (χ4n) is 4.86. The molecule has 1 N–H and O–H groups in total. The van der Waals surface area contributed by atoms with Gasteiger partial charge in [0.2, 0.25) is 0 Å². The van der Waals surface area contributed by atoms with Gasteiger partial charge in [0.05, 0.1) is 12.7 Å². The lowest BCUT2D eigenvalue weighted by Crippen LogP contribution is -2.48. The molecular weight excluding hydrogens is 477 g/mol. The molecule has 1 atom stereocenters. The number of para-hydroxylation sites is 1. The van der Waals surface area contributed by atoms with Crippen molar-refractivity contribution in [3.8, 4) is 5.75 Å². The molecule has 2 fully saturated rings. The van der Waals surface area contributed by atoms with Gasteiger partial charge in [-0.3, -0.25) is 4.99 Å². The molecule has 2 aliphatic heterocycles. The van der Waals surface area contributed by atoms with Crippen LogP contribution < -0.4 is 10.1 Å². The predicted molar refractivity (Wildman–Crippen MR) is 129 cm³/mol. The van der Waals surface area contributed by atoms with Gasteiger partial charge in [0.1, 0.15) is 5.75 Å². The van der Waals surface area contributed by atoms with Crippen LogP contribution in [0.25, 0.3) is 0 Å². The second kappa shape index (κ2) is 11.4. The van der Waals surface area contributed by atoms with Crippen LogP contribution in [0.1, 0.15) is 56.4 Å². The molecule has 1 aromatic carbocycles. The largest absolute Gasteiger partial charge is 0.493 e. The number of nitrogens with one attached hydrogen (secondary N) is 1. The van der Waals surface area contributed by atoms with Crippen LogP contribution in [-0.2, 0) is 4.74 Å². The van der Waals surface area contributed by atoms with Crippen molar-refractivity contribution in [2.24, 2.45) is 10.9 Å². The third kappa shape index (κ3) is 6.00. The molecule has 0 amide bonds. The van der Waals surface area contributed by atoms with Gasteiger partial charge < -0.3 is 19.7 Å². The number of rotatable bonds is 5. The standard InChI is InChI=1S/C23H35N3O2.HI/c1-24-23(25-16-19-12-15-27-22-9-5-4-8-21(19)22)26-13-10-20(11-14-26)28-17-18-6-2-3-7-18;/h4-5,8-9,18-20H,2-3,6-7,10-17H2,1H3,(H,24,25);1H. The number of nitrogens with zero attached hydrogens (tertiary/aromatic N) is 2. The lowest BCUT2D eigenvalue weighted by molar-refractivity contribution is 0.00101. The quantitative estimate of drug-likeness (QED) is 0.360. The topological polar surface area (TPSA) is 46.1 Å². The van der Waals surface area contributed by atoms with Crippen LogP contribution in [0.15, 0.2) is 29.3 Å². The van der Waals surface area contributed by atoms with E-state index in [0.717, 1.165) is 69.7 Å². The maximum atomic E-state index is 6.22. The Morgan fingerprint density at radius 3 is 2.66 bits per heavy atom. The van der Waals surface area contributed by atoms with Crippen molar-refractivity contribution in [1.82, 2.24) is 10.2 Å². The van der Waals surface area contributed by atoms with Gasteiger partial charge in [-0.15, -0.1) is 24.0 Å². The van der Waals surface area contributed by atoms with E-state index in [-0.39, 0.29) is 24.0 Å². The Kier molecular flexibility index (Phi) is 8.90. The molecule has 4 rings (SSSR count). The van der Waals surface area contributed by atoms with Gasteiger partial charge in [-0.05, 0) is 49.7 Å². The Bertz CT molecular complexity index is 655. The summed E-state index contributed by atoms with van der Waals surface area (Å²) in [5.41, 5.74) is 1.32. The van der Waals surface area contributed by atoms with E-state index in [4.69, 9.17) is 9.47 Å². The van der Waals surface area contributed by atoms with Crippen LogP contribution >= 0.6 is 24.0 Å². The smallest absolute Gasteiger partial charge is 0.193 e. The van der Waals surface area contributed by atoms with Gasteiger partial charge in [-0.25, -0.2) is 0 Å². The van der Waals surface area contributed by atoms with Crippen molar-refractivity contribution in [1.29, 1.82) is 0 Å². The van der Waals surface area contributed by atoms with Gasteiger partial charge in [0, 0.05) is 39.2 Å². The molecule has 5 nitrogen and oxygen atoms in total. The summed E-state index contributed by atoms with van der Waals surface area (Å²) >= 11 is 0. The summed E-state index contributed by atoms with van der Waals surface area (Å²) in [5, 5.41) is 3.62. The minimum absolute atomic E-state index is 0. The maximum Gasteiger partial charge on any atom is 0.193 e. The number of ether oxygens (including phenoxy) is 2. The number of hydrogen-bond donors (Lipinski definition) is 1.